The molecule has 0 aromatic heterocycles. The van der Waals surface area contributed by atoms with Crippen LogP contribution in [0.5, 0.6) is 0 Å². The summed E-state index contributed by atoms with van der Waals surface area (Å²) in [5.74, 6) is 0. The number of fused-ring (bicyclic) bond motifs is 1. The molecule has 0 fully saturated rings. The lowest BCUT2D eigenvalue weighted by molar-refractivity contribution is 0.331. The summed E-state index contributed by atoms with van der Waals surface area (Å²) in [7, 11) is 0. The average molecular weight is 363 g/mol. The molecule has 0 bridgehead atoms. The van der Waals surface area contributed by atoms with Crippen molar-refractivity contribution in [3.8, 4) is 0 Å². The molecule has 1 aliphatic rings. The molecule has 0 saturated carbocycles. The van der Waals surface area contributed by atoms with Gasteiger partial charge in [-0.2, -0.15) is 0 Å². The van der Waals surface area contributed by atoms with E-state index in [-0.39, 0.29) is 10.8 Å². The predicted molar refractivity (Wildman–Crippen MR) is 114 cm³/mol. The number of rotatable bonds is 5. The van der Waals surface area contributed by atoms with Gasteiger partial charge in [0.1, 0.15) is 0 Å². The molecule has 1 heteroatoms. The zero-order chi connectivity index (χ0) is 18.8. The third-order valence-corrected chi connectivity index (χ3v) is 6.70. The first kappa shape index (κ1) is 19.1. The minimum Gasteiger partial charge on any atom is -0.133 e. The number of allylic oxidation sites excluding steroid dienone is 1. The van der Waals surface area contributed by atoms with Gasteiger partial charge in [0.05, 0.1) is 0 Å². The van der Waals surface area contributed by atoms with Crippen LogP contribution in [-0.4, -0.2) is 0 Å². The quantitative estimate of drug-likeness (QED) is 0.497. The minimum absolute atomic E-state index is 0.268. The molecule has 0 spiro atoms. The molecular weight excluding hydrogens is 332 g/mol. The Morgan fingerprint density at radius 2 is 1.54 bits per heavy atom. The van der Waals surface area contributed by atoms with E-state index in [9.17, 15) is 0 Å². The van der Waals surface area contributed by atoms with E-state index in [4.69, 9.17) is 0 Å². The SMILES string of the molecule is C=C=CCCc1ccc(Sc2ccc3c(c2)C(C)(C)CCC3(C)C)cc1. The molecule has 0 aliphatic heterocycles. The molecule has 26 heavy (non-hydrogen) atoms. The largest absolute Gasteiger partial charge is 0.133 e. The number of aryl methyl sites for hydroxylation is 1. The van der Waals surface area contributed by atoms with Crippen molar-refractivity contribution in [3.63, 3.8) is 0 Å². The van der Waals surface area contributed by atoms with Crippen molar-refractivity contribution in [2.75, 3.05) is 0 Å². The number of benzene rings is 2. The summed E-state index contributed by atoms with van der Waals surface area (Å²) in [5, 5.41) is 0. The highest BCUT2D eigenvalue weighted by Crippen LogP contribution is 2.47. The highest BCUT2D eigenvalue weighted by atomic mass is 32.2. The fraction of sp³-hybridized carbons (Fsp3) is 0.400. The summed E-state index contributed by atoms with van der Waals surface area (Å²) in [6.07, 6.45) is 6.58. The zero-order valence-electron chi connectivity index (χ0n) is 16.6. The Hall–Kier alpha value is -1.69. The standard InChI is InChI=1S/C25H30S/c1-6-7-8-9-19-10-12-20(13-11-19)26-21-14-15-22-23(18-21)25(4,5)17-16-24(22,2)3/h7,10-15,18H,1,8-9,16-17H2,2-5H3. The molecule has 0 nitrogen and oxygen atoms in total. The Labute approximate surface area is 163 Å². The second kappa shape index (κ2) is 7.51. The van der Waals surface area contributed by atoms with Crippen LogP contribution in [0.2, 0.25) is 0 Å². The Morgan fingerprint density at radius 1 is 0.923 bits per heavy atom. The lowest BCUT2D eigenvalue weighted by Gasteiger charge is -2.42. The molecule has 0 amide bonds. The van der Waals surface area contributed by atoms with Crippen LogP contribution in [0.15, 0.2) is 70.6 Å². The highest BCUT2D eigenvalue weighted by molar-refractivity contribution is 7.99. The molecule has 0 unspecified atom stereocenters. The van der Waals surface area contributed by atoms with Crippen molar-refractivity contribution in [1.29, 1.82) is 0 Å². The monoisotopic (exact) mass is 362 g/mol. The van der Waals surface area contributed by atoms with Crippen LogP contribution in [0.1, 0.15) is 63.6 Å². The van der Waals surface area contributed by atoms with Gasteiger partial charge in [0, 0.05) is 9.79 Å². The van der Waals surface area contributed by atoms with Gasteiger partial charge >= 0.3 is 0 Å². The summed E-state index contributed by atoms with van der Waals surface area (Å²) < 4.78 is 0. The van der Waals surface area contributed by atoms with E-state index in [1.54, 1.807) is 0 Å². The van der Waals surface area contributed by atoms with Crippen LogP contribution in [0.4, 0.5) is 0 Å². The second-order valence-corrected chi connectivity index (χ2v) is 9.82. The van der Waals surface area contributed by atoms with Crippen LogP contribution >= 0.6 is 11.8 Å². The Balaban J connectivity index is 1.80. The first-order valence-corrected chi connectivity index (χ1v) is 10.4. The van der Waals surface area contributed by atoms with Gasteiger partial charge in [0.15, 0.2) is 0 Å². The normalized spacial score (nSPS) is 17.2. The molecule has 0 heterocycles. The summed E-state index contributed by atoms with van der Waals surface area (Å²) in [6.45, 7) is 13.2. The van der Waals surface area contributed by atoms with E-state index < -0.39 is 0 Å². The Bertz CT molecular complexity index is 818. The Kier molecular flexibility index (Phi) is 5.51. The van der Waals surface area contributed by atoms with E-state index in [1.807, 2.05) is 17.8 Å². The fourth-order valence-corrected chi connectivity index (χ4v) is 4.69. The van der Waals surface area contributed by atoms with Crippen molar-refractivity contribution in [2.45, 2.75) is 74.0 Å². The molecule has 136 valence electrons. The van der Waals surface area contributed by atoms with E-state index in [2.05, 4.69) is 82.5 Å². The van der Waals surface area contributed by atoms with Crippen molar-refractivity contribution < 1.29 is 0 Å². The topological polar surface area (TPSA) is 0 Å². The molecule has 2 aromatic rings. The van der Waals surface area contributed by atoms with Gasteiger partial charge in [-0.3, -0.25) is 0 Å². The van der Waals surface area contributed by atoms with E-state index >= 15 is 0 Å². The number of hydrogen-bond donors (Lipinski definition) is 0. The van der Waals surface area contributed by atoms with Gasteiger partial charge in [0.2, 0.25) is 0 Å². The molecule has 3 rings (SSSR count). The van der Waals surface area contributed by atoms with Gasteiger partial charge in [-0.1, -0.05) is 64.2 Å². The van der Waals surface area contributed by atoms with Gasteiger partial charge in [-0.25, -0.2) is 0 Å². The van der Waals surface area contributed by atoms with Crippen molar-refractivity contribution in [3.05, 3.63) is 77.5 Å². The molecule has 0 N–H and O–H groups in total. The van der Waals surface area contributed by atoms with Gasteiger partial charge in [0.25, 0.3) is 0 Å². The van der Waals surface area contributed by atoms with Crippen LogP contribution < -0.4 is 0 Å². The third-order valence-electron chi connectivity index (χ3n) is 5.71. The van der Waals surface area contributed by atoms with E-state index in [0.29, 0.717) is 0 Å². The zero-order valence-corrected chi connectivity index (χ0v) is 17.4. The van der Waals surface area contributed by atoms with Gasteiger partial charge < -0.3 is 0 Å². The van der Waals surface area contributed by atoms with Crippen LogP contribution in [-0.2, 0) is 17.3 Å². The van der Waals surface area contributed by atoms with Crippen molar-refractivity contribution in [1.82, 2.24) is 0 Å². The maximum Gasteiger partial charge on any atom is 0.0125 e. The summed E-state index contributed by atoms with van der Waals surface area (Å²) in [6, 6.07) is 16.1. The van der Waals surface area contributed by atoms with Crippen LogP contribution in [0.3, 0.4) is 0 Å². The molecule has 0 radical (unpaired) electrons. The lowest BCUT2D eigenvalue weighted by Crippen LogP contribution is -2.33. The maximum atomic E-state index is 3.62. The van der Waals surface area contributed by atoms with Crippen molar-refractivity contribution >= 4 is 11.8 Å². The summed E-state index contributed by atoms with van der Waals surface area (Å²) >= 11 is 1.87. The lowest BCUT2D eigenvalue weighted by atomic mass is 9.63. The van der Waals surface area contributed by atoms with Crippen LogP contribution in [0, 0.1) is 0 Å². The van der Waals surface area contributed by atoms with E-state index in [1.165, 1.54) is 39.3 Å². The smallest absolute Gasteiger partial charge is 0.0125 e. The third kappa shape index (κ3) is 4.17. The maximum absolute atomic E-state index is 3.62. The fourth-order valence-electron chi connectivity index (χ4n) is 3.83. The molecule has 0 atom stereocenters. The van der Waals surface area contributed by atoms with Crippen LogP contribution in [0.25, 0.3) is 0 Å². The van der Waals surface area contributed by atoms with E-state index in [0.717, 1.165) is 12.8 Å². The summed E-state index contributed by atoms with van der Waals surface area (Å²) in [5.41, 5.74) is 7.83. The van der Waals surface area contributed by atoms with Gasteiger partial charge in [-0.15, -0.1) is 5.73 Å². The van der Waals surface area contributed by atoms with Gasteiger partial charge in [-0.05, 0) is 83.5 Å². The first-order valence-electron chi connectivity index (χ1n) is 9.58. The van der Waals surface area contributed by atoms with Crippen molar-refractivity contribution in [2.24, 2.45) is 0 Å². The highest BCUT2D eigenvalue weighted by Gasteiger charge is 2.36. The first-order chi connectivity index (χ1) is 12.3. The summed E-state index contributed by atoms with van der Waals surface area (Å²) in [4.78, 5) is 2.65. The minimum atomic E-state index is 0.268. The predicted octanol–water partition coefficient (Wildman–Crippen LogP) is 7.46. The Morgan fingerprint density at radius 3 is 2.19 bits per heavy atom. The molecule has 2 aromatic carbocycles. The average Bonchev–Trinajstić information content (AvgIpc) is 2.61. The second-order valence-electron chi connectivity index (χ2n) is 8.67. The molecule has 0 saturated heterocycles. The number of hydrogen-bond acceptors (Lipinski definition) is 1. The molecule has 1 aliphatic carbocycles. The molecular formula is C25H30S.